The van der Waals surface area contributed by atoms with Crippen LogP contribution in [0.3, 0.4) is 0 Å². The summed E-state index contributed by atoms with van der Waals surface area (Å²) in [5.74, 6) is 0. The van der Waals surface area contributed by atoms with E-state index in [9.17, 15) is 4.53 Å². The quantitative estimate of drug-likeness (QED) is 0.497. The Balaban J connectivity index is 2.14. The summed E-state index contributed by atoms with van der Waals surface area (Å²) < 4.78 is 15.8. The van der Waals surface area contributed by atoms with Crippen molar-refractivity contribution in [1.82, 2.24) is 0 Å². The van der Waals surface area contributed by atoms with E-state index in [-0.39, 0.29) is 0 Å². The first kappa shape index (κ1) is 5.00. The molecule has 7 heavy (non-hydrogen) atoms. The van der Waals surface area contributed by atoms with Crippen molar-refractivity contribution >= 4 is 0 Å². The van der Waals surface area contributed by atoms with Crippen molar-refractivity contribution < 1.29 is 14.2 Å². The molecule has 0 aromatic carbocycles. The fourth-order valence-electron chi connectivity index (χ4n) is 0.618. The van der Waals surface area contributed by atoms with E-state index in [1.54, 1.807) is 0 Å². The Kier molecular flexibility index (Phi) is 1.59. The average molecular weight is 106 g/mol. The molecule has 1 unspecified atom stereocenters. The molecule has 1 aliphatic heterocycles. The van der Waals surface area contributed by atoms with Crippen LogP contribution < -0.4 is 0 Å². The summed E-state index contributed by atoms with van der Waals surface area (Å²) in [7, 11) is 0. The Hall–Kier alpha value is -0.150. The first-order chi connectivity index (χ1) is 3.43. The van der Waals surface area contributed by atoms with Crippen LogP contribution in [0.25, 0.3) is 0 Å². The molecule has 1 saturated heterocycles. The van der Waals surface area contributed by atoms with Gasteiger partial charge in [0.05, 0.1) is 6.61 Å². The predicted molar refractivity (Wildman–Crippen MR) is 21.2 cm³/mol. The van der Waals surface area contributed by atoms with Gasteiger partial charge in [-0.2, -0.15) is 4.94 Å². The molecule has 1 atom stereocenters. The van der Waals surface area contributed by atoms with Crippen LogP contribution in [0.4, 0.5) is 4.53 Å². The first-order valence-corrected chi connectivity index (χ1v) is 2.32. The fraction of sp³-hybridized carbons (Fsp3) is 1.00. The van der Waals surface area contributed by atoms with Gasteiger partial charge in [-0.15, -0.1) is 0 Å². The number of rotatable bonds is 1. The maximum atomic E-state index is 11.1. The lowest BCUT2D eigenvalue weighted by Crippen LogP contribution is -2.03. The smallest absolute Gasteiger partial charge is 0.196 e. The number of hydrogen-bond donors (Lipinski definition) is 0. The van der Waals surface area contributed by atoms with Gasteiger partial charge in [0.1, 0.15) is 0 Å². The minimum Gasteiger partial charge on any atom is -0.349 e. The van der Waals surface area contributed by atoms with Crippen molar-refractivity contribution in [1.29, 1.82) is 0 Å². The molecule has 0 aromatic rings. The van der Waals surface area contributed by atoms with Crippen LogP contribution in [-0.2, 0) is 9.68 Å². The van der Waals surface area contributed by atoms with Gasteiger partial charge in [-0.1, -0.05) is 0 Å². The van der Waals surface area contributed by atoms with Gasteiger partial charge in [-0.3, -0.25) is 0 Å². The molecule has 1 aliphatic rings. The zero-order valence-corrected chi connectivity index (χ0v) is 3.89. The summed E-state index contributed by atoms with van der Waals surface area (Å²) in [6, 6.07) is 0. The van der Waals surface area contributed by atoms with Gasteiger partial charge in [0.15, 0.2) is 6.29 Å². The van der Waals surface area contributed by atoms with Crippen molar-refractivity contribution in [3.05, 3.63) is 0 Å². The van der Waals surface area contributed by atoms with E-state index in [1.165, 1.54) is 0 Å². The SMILES string of the molecule is FOC1CCCO1. The minimum absolute atomic E-state index is 0.569. The second kappa shape index (κ2) is 2.23. The molecule has 1 heterocycles. The largest absolute Gasteiger partial charge is 0.349 e. The highest BCUT2D eigenvalue weighted by atomic mass is 19.3. The predicted octanol–water partition coefficient (Wildman–Crippen LogP) is 1.02. The second-order valence-corrected chi connectivity index (χ2v) is 1.53. The number of halogens is 1. The van der Waals surface area contributed by atoms with Gasteiger partial charge in [-0.05, 0) is 10.9 Å². The molecule has 0 bridgehead atoms. The molecule has 1 rings (SSSR count). The molecule has 0 aromatic heterocycles. The normalized spacial score (nSPS) is 31.3. The molecular formula is C4H7FO2. The maximum absolute atomic E-state index is 11.1. The van der Waals surface area contributed by atoms with Crippen LogP contribution >= 0.6 is 0 Å². The van der Waals surface area contributed by atoms with Crippen LogP contribution in [0.2, 0.25) is 0 Å². The number of ether oxygens (including phenoxy) is 1. The summed E-state index contributed by atoms with van der Waals surface area (Å²) >= 11 is 0. The van der Waals surface area contributed by atoms with Crippen LogP contribution in [0, 0.1) is 0 Å². The van der Waals surface area contributed by atoms with E-state index < -0.39 is 6.29 Å². The van der Waals surface area contributed by atoms with Crippen LogP contribution in [0.15, 0.2) is 0 Å². The van der Waals surface area contributed by atoms with Gasteiger partial charge < -0.3 is 4.74 Å². The van der Waals surface area contributed by atoms with Gasteiger partial charge >= 0.3 is 0 Å². The molecule has 0 N–H and O–H groups in total. The Labute approximate surface area is 41.1 Å². The number of hydrogen-bond acceptors (Lipinski definition) is 2. The first-order valence-electron chi connectivity index (χ1n) is 2.32. The third kappa shape index (κ3) is 1.11. The lowest BCUT2D eigenvalue weighted by molar-refractivity contribution is -0.257. The van der Waals surface area contributed by atoms with E-state index in [4.69, 9.17) is 4.74 Å². The zero-order chi connectivity index (χ0) is 5.11. The van der Waals surface area contributed by atoms with E-state index in [2.05, 4.69) is 4.94 Å². The van der Waals surface area contributed by atoms with Crippen molar-refractivity contribution in [3.63, 3.8) is 0 Å². The Morgan fingerprint density at radius 1 is 1.71 bits per heavy atom. The summed E-state index contributed by atoms with van der Waals surface area (Å²) in [6.07, 6.45) is 1.03. The highest BCUT2D eigenvalue weighted by Crippen LogP contribution is 2.12. The van der Waals surface area contributed by atoms with Crippen molar-refractivity contribution in [3.8, 4) is 0 Å². The molecule has 1 fully saturated rings. The lowest BCUT2D eigenvalue weighted by atomic mass is 10.4. The third-order valence-electron chi connectivity index (χ3n) is 0.987. The molecule has 3 heteroatoms. The monoisotopic (exact) mass is 106 g/mol. The summed E-state index contributed by atoms with van der Waals surface area (Å²) in [4.78, 5) is 3.39. The molecule has 0 spiro atoms. The van der Waals surface area contributed by atoms with Crippen LogP contribution in [0.1, 0.15) is 12.8 Å². The Bertz CT molecular complexity index is 51.7. The van der Waals surface area contributed by atoms with Crippen LogP contribution in [-0.4, -0.2) is 12.9 Å². The van der Waals surface area contributed by atoms with Gasteiger partial charge in [-0.25, -0.2) is 0 Å². The van der Waals surface area contributed by atoms with E-state index in [1.807, 2.05) is 0 Å². The molecule has 0 amide bonds. The highest BCUT2D eigenvalue weighted by Gasteiger charge is 2.15. The van der Waals surface area contributed by atoms with Crippen molar-refractivity contribution in [2.45, 2.75) is 19.1 Å². The molecule has 0 radical (unpaired) electrons. The fourth-order valence-corrected chi connectivity index (χ4v) is 0.618. The van der Waals surface area contributed by atoms with Gasteiger partial charge in [0.25, 0.3) is 0 Å². The average Bonchev–Trinajstić information content (AvgIpc) is 2.14. The van der Waals surface area contributed by atoms with Crippen molar-refractivity contribution in [2.75, 3.05) is 6.61 Å². The van der Waals surface area contributed by atoms with Gasteiger partial charge in [0, 0.05) is 6.42 Å². The Morgan fingerprint density at radius 2 is 2.57 bits per heavy atom. The Morgan fingerprint density at radius 3 is 2.86 bits per heavy atom. The van der Waals surface area contributed by atoms with Crippen LogP contribution in [0.5, 0.6) is 0 Å². The standard InChI is InChI=1S/C4H7FO2/c5-7-4-2-1-3-6-4/h4H,1-3H2. The molecule has 0 aliphatic carbocycles. The second-order valence-electron chi connectivity index (χ2n) is 1.53. The maximum Gasteiger partial charge on any atom is 0.196 e. The summed E-state index contributed by atoms with van der Waals surface area (Å²) in [5, 5.41) is 0. The van der Waals surface area contributed by atoms with Crippen molar-refractivity contribution in [2.24, 2.45) is 0 Å². The van der Waals surface area contributed by atoms with E-state index in [0.717, 1.165) is 6.42 Å². The van der Waals surface area contributed by atoms with Gasteiger partial charge in [0.2, 0.25) is 0 Å². The van der Waals surface area contributed by atoms with E-state index >= 15 is 0 Å². The molecule has 2 nitrogen and oxygen atoms in total. The molecular weight excluding hydrogens is 99.0 g/mol. The third-order valence-corrected chi connectivity index (χ3v) is 0.987. The summed E-state index contributed by atoms with van der Waals surface area (Å²) in [6.45, 7) is 0.634. The summed E-state index contributed by atoms with van der Waals surface area (Å²) in [5.41, 5.74) is 0. The molecule has 0 saturated carbocycles. The minimum atomic E-state index is -0.569. The highest BCUT2D eigenvalue weighted by molar-refractivity contribution is 4.51. The lowest BCUT2D eigenvalue weighted by Gasteiger charge is -1.97. The topological polar surface area (TPSA) is 18.5 Å². The molecule has 42 valence electrons. The zero-order valence-electron chi connectivity index (χ0n) is 3.89. The van der Waals surface area contributed by atoms with E-state index in [0.29, 0.717) is 13.0 Å².